The smallest absolute Gasteiger partial charge is 0.179 e. The van der Waals surface area contributed by atoms with E-state index in [-0.39, 0.29) is 0 Å². The van der Waals surface area contributed by atoms with Crippen molar-refractivity contribution in [1.29, 1.82) is 0 Å². The highest BCUT2D eigenvalue weighted by Crippen LogP contribution is 2.39. The molecule has 0 saturated heterocycles. The van der Waals surface area contributed by atoms with Gasteiger partial charge in [0.2, 0.25) is 0 Å². The van der Waals surface area contributed by atoms with E-state index in [0.717, 1.165) is 43.4 Å². The molecule has 3 nitrogen and oxygen atoms in total. The van der Waals surface area contributed by atoms with Gasteiger partial charge in [-0.05, 0) is 128 Å². The molecule has 14 rings (SSSR count). The van der Waals surface area contributed by atoms with E-state index in [1.165, 1.54) is 86.2 Å². The molecule has 0 bridgehead atoms. The van der Waals surface area contributed by atoms with Crippen molar-refractivity contribution in [1.82, 2.24) is 13.3 Å². The SMILES string of the molecule is Brc1ccc(-c2ccc(-n3c4ccc(-c5ccc([Si](c6ccccc6)(c6ccccc6)c6ccccc6)cc5)cc4c4cc(-c5ccc([Si](c6ccccc6)(c6ccccc6)c6ccccc6)cc5)ccc43)cc2)c2nsnc12. The fraction of sp³-hybridized carbons (Fsp3) is 0. The summed E-state index contributed by atoms with van der Waals surface area (Å²) in [6.45, 7) is 0. The van der Waals surface area contributed by atoms with Gasteiger partial charge in [0.25, 0.3) is 0 Å². The molecule has 0 spiro atoms. The molecular weight excluding hydrogens is 1070 g/mol. The van der Waals surface area contributed by atoms with Crippen LogP contribution >= 0.6 is 27.7 Å². The summed E-state index contributed by atoms with van der Waals surface area (Å²) in [4.78, 5) is 0. The molecule has 0 fully saturated rings. The van der Waals surface area contributed by atoms with Crippen molar-refractivity contribution in [2.75, 3.05) is 0 Å². The lowest BCUT2D eigenvalue weighted by atomic mass is 10.0. The summed E-state index contributed by atoms with van der Waals surface area (Å²) in [6, 6.07) is 113. The van der Waals surface area contributed by atoms with Crippen LogP contribution in [-0.2, 0) is 0 Å². The average Bonchev–Trinajstić information content (AvgIpc) is 4.20. The maximum absolute atomic E-state index is 4.69. The van der Waals surface area contributed by atoms with Gasteiger partial charge in [-0.3, -0.25) is 0 Å². The lowest BCUT2D eigenvalue weighted by Crippen LogP contribution is -2.74. The second kappa shape index (κ2) is 20.5. The predicted octanol–water partition coefficient (Wildman–Crippen LogP) is 13.3. The number of aromatic nitrogens is 3. The monoisotopic (exact) mass is 1120 g/mol. The Morgan fingerprint density at radius 2 is 0.608 bits per heavy atom. The molecule has 0 saturated carbocycles. The quantitative estimate of drug-likeness (QED) is 0.0902. The van der Waals surface area contributed by atoms with E-state index in [2.05, 4.69) is 328 Å². The summed E-state index contributed by atoms with van der Waals surface area (Å²) in [5.74, 6) is 0. The van der Waals surface area contributed by atoms with Crippen LogP contribution in [0.4, 0.5) is 0 Å². The van der Waals surface area contributed by atoms with Crippen molar-refractivity contribution in [3.8, 4) is 39.1 Å². The Hall–Kier alpha value is -8.83. The standard InChI is InChI=1S/C72H50BrN3SSi2/c73-68-46-45-65(71-72(68)75-77-74-71)53-31-39-56(40-32-53)76-69-47-37-54(51-33-41-63(42-34-51)78(57-19-7-1-8-20-57,58-21-9-2-10-22-58)59-23-11-3-12-24-59)49-66(69)67-50-55(38-48-70(67)76)52-35-43-64(44-36-52)79(60-25-13-4-14-26-60,61-27-15-5-16-28-61)62-29-17-6-18-30-62/h1-50H. The zero-order valence-corrected chi connectivity index (χ0v) is 47.4. The van der Waals surface area contributed by atoms with Crippen LogP contribution in [-0.4, -0.2) is 29.5 Å². The van der Waals surface area contributed by atoms with E-state index in [1.54, 1.807) is 0 Å². The normalized spacial score (nSPS) is 11.9. The van der Waals surface area contributed by atoms with Crippen molar-refractivity contribution in [3.63, 3.8) is 0 Å². The summed E-state index contributed by atoms with van der Waals surface area (Å²) in [5.41, 5.74) is 12.1. The summed E-state index contributed by atoms with van der Waals surface area (Å²) >= 11 is 4.93. The van der Waals surface area contributed by atoms with Gasteiger partial charge < -0.3 is 4.57 Å². The van der Waals surface area contributed by atoms with Crippen LogP contribution in [0.3, 0.4) is 0 Å². The van der Waals surface area contributed by atoms with Gasteiger partial charge >= 0.3 is 0 Å². The van der Waals surface area contributed by atoms with E-state index < -0.39 is 16.1 Å². The molecule has 0 aliphatic heterocycles. The fourth-order valence-electron chi connectivity index (χ4n) is 12.5. The van der Waals surface area contributed by atoms with Crippen molar-refractivity contribution < 1.29 is 0 Å². The van der Waals surface area contributed by atoms with E-state index in [4.69, 9.17) is 4.37 Å². The summed E-state index contributed by atoms with van der Waals surface area (Å²) < 4.78 is 12.6. The number of nitrogens with zero attached hydrogens (tertiary/aromatic N) is 3. The van der Waals surface area contributed by atoms with Crippen molar-refractivity contribution in [3.05, 3.63) is 308 Å². The summed E-state index contributed by atoms with van der Waals surface area (Å²) in [6.07, 6.45) is 0. The molecule has 0 aliphatic rings. The number of hydrogen-bond acceptors (Lipinski definition) is 3. The first kappa shape index (κ1) is 48.5. The highest BCUT2D eigenvalue weighted by Gasteiger charge is 2.42. The average molecular weight is 1130 g/mol. The third kappa shape index (κ3) is 8.28. The minimum atomic E-state index is -2.69. The van der Waals surface area contributed by atoms with Crippen molar-refractivity contribution in [2.45, 2.75) is 0 Å². The molecule has 0 atom stereocenters. The third-order valence-electron chi connectivity index (χ3n) is 16.1. The van der Waals surface area contributed by atoms with Crippen molar-refractivity contribution in [2.24, 2.45) is 0 Å². The zero-order valence-electron chi connectivity index (χ0n) is 43.0. The van der Waals surface area contributed by atoms with Crippen LogP contribution in [0.2, 0.25) is 0 Å². The molecule has 2 heterocycles. The first-order valence-electron chi connectivity index (χ1n) is 26.7. The summed E-state index contributed by atoms with van der Waals surface area (Å²) in [7, 11) is -5.38. The van der Waals surface area contributed by atoms with Crippen molar-refractivity contribution >= 4 is 118 Å². The van der Waals surface area contributed by atoms with Gasteiger partial charge in [-0.25, -0.2) is 0 Å². The predicted molar refractivity (Wildman–Crippen MR) is 343 cm³/mol. The number of hydrogen-bond donors (Lipinski definition) is 0. The topological polar surface area (TPSA) is 30.7 Å². The van der Waals surface area contributed by atoms with Gasteiger partial charge in [-0.1, -0.05) is 261 Å². The Morgan fingerprint density at radius 3 is 0.975 bits per heavy atom. The van der Waals surface area contributed by atoms with E-state index in [0.29, 0.717) is 0 Å². The van der Waals surface area contributed by atoms with Gasteiger partial charge in [0, 0.05) is 26.5 Å². The molecule has 0 amide bonds. The Morgan fingerprint density at radius 1 is 0.291 bits per heavy atom. The molecule has 0 N–H and O–H groups in total. The fourth-order valence-corrected chi connectivity index (χ4v) is 23.1. The molecule has 14 aromatic rings. The highest BCUT2D eigenvalue weighted by molar-refractivity contribution is 9.10. The van der Waals surface area contributed by atoms with E-state index in [9.17, 15) is 0 Å². The van der Waals surface area contributed by atoms with Gasteiger partial charge in [-0.15, -0.1) is 0 Å². The van der Waals surface area contributed by atoms with Gasteiger partial charge in [0.15, 0.2) is 16.1 Å². The molecule has 0 unspecified atom stereocenters. The Kier molecular flexibility index (Phi) is 12.6. The molecule has 0 aliphatic carbocycles. The molecule has 7 heteroatoms. The summed E-state index contributed by atoms with van der Waals surface area (Å²) in [5, 5.41) is 13.3. The number of halogens is 1. The molecule has 0 radical (unpaired) electrons. The Balaban J connectivity index is 0.913. The van der Waals surface area contributed by atoms with Gasteiger partial charge in [-0.2, -0.15) is 8.75 Å². The van der Waals surface area contributed by atoms with Crippen LogP contribution in [0.15, 0.2) is 308 Å². The maximum atomic E-state index is 4.69. The van der Waals surface area contributed by atoms with Crippen LogP contribution in [0.25, 0.3) is 71.9 Å². The minimum absolute atomic E-state index is 0.889. The largest absolute Gasteiger partial charge is 0.309 e. The first-order chi connectivity index (χ1) is 39.1. The third-order valence-corrected chi connectivity index (χ3v) is 26.9. The number of rotatable bonds is 12. The molecule has 374 valence electrons. The van der Waals surface area contributed by atoms with Crippen LogP contribution in [0, 0.1) is 0 Å². The molecular formula is C72H50BrN3SSi2. The lowest BCUT2D eigenvalue weighted by molar-refractivity contribution is 1.18. The Bertz CT molecular complexity index is 4020. The first-order valence-corrected chi connectivity index (χ1v) is 32.3. The van der Waals surface area contributed by atoms with Gasteiger partial charge in [0.05, 0.1) is 22.8 Å². The Labute approximate surface area is 474 Å². The van der Waals surface area contributed by atoms with Gasteiger partial charge in [0.1, 0.15) is 11.0 Å². The second-order valence-corrected chi connectivity index (χ2v) is 29.3. The molecule has 2 aromatic heterocycles. The van der Waals surface area contributed by atoms with Crippen LogP contribution in [0.5, 0.6) is 0 Å². The number of benzene rings is 12. The van der Waals surface area contributed by atoms with Crippen LogP contribution in [0.1, 0.15) is 0 Å². The molecule has 79 heavy (non-hydrogen) atoms. The second-order valence-electron chi connectivity index (χ2n) is 20.3. The highest BCUT2D eigenvalue weighted by atomic mass is 79.9. The van der Waals surface area contributed by atoms with E-state index in [1.807, 2.05) is 0 Å². The number of fused-ring (bicyclic) bond motifs is 4. The van der Waals surface area contributed by atoms with E-state index >= 15 is 0 Å². The molecule has 12 aromatic carbocycles. The zero-order chi connectivity index (χ0) is 52.8. The maximum Gasteiger partial charge on any atom is 0.179 e. The minimum Gasteiger partial charge on any atom is -0.309 e. The van der Waals surface area contributed by atoms with Crippen LogP contribution < -0.4 is 41.5 Å². The lowest BCUT2D eigenvalue weighted by Gasteiger charge is -2.34.